The van der Waals surface area contributed by atoms with Crippen molar-refractivity contribution in [2.45, 2.75) is 32.1 Å². The number of fused-ring (bicyclic) bond motifs is 1. The maximum atomic E-state index is 5.51. The van der Waals surface area contributed by atoms with Crippen molar-refractivity contribution in [2.24, 2.45) is 10.8 Å². The van der Waals surface area contributed by atoms with Crippen molar-refractivity contribution >= 4 is 5.84 Å². The first kappa shape index (κ1) is 9.81. The zero-order valence-corrected chi connectivity index (χ0v) is 9.07. The Labute approximate surface area is 94.5 Å². The largest absolute Gasteiger partial charge is 0.372 e. The van der Waals surface area contributed by atoms with Crippen LogP contribution in [0.4, 0.5) is 0 Å². The summed E-state index contributed by atoms with van der Waals surface area (Å²) in [5.41, 5.74) is 6.26. The smallest absolute Gasteiger partial charge is 0.142 e. The van der Waals surface area contributed by atoms with Gasteiger partial charge in [0.05, 0.1) is 19.3 Å². The highest BCUT2D eigenvalue weighted by Gasteiger charge is 2.21. The van der Waals surface area contributed by atoms with Crippen molar-refractivity contribution in [3.8, 4) is 0 Å². The highest BCUT2D eigenvalue weighted by Crippen LogP contribution is 2.25. The summed E-state index contributed by atoms with van der Waals surface area (Å²) in [7, 11) is 0. The maximum absolute atomic E-state index is 5.51. The van der Waals surface area contributed by atoms with Crippen LogP contribution in [-0.4, -0.2) is 11.9 Å². The number of hydrazine groups is 1. The van der Waals surface area contributed by atoms with E-state index in [9.17, 15) is 0 Å². The van der Waals surface area contributed by atoms with Gasteiger partial charge >= 0.3 is 0 Å². The molecule has 1 saturated carbocycles. The van der Waals surface area contributed by atoms with Gasteiger partial charge < -0.3 is 10.2 Å². The zero-order chi connectivity index (χ0) is 11.0. The number of nitrogens with zero attached hydrogens (tertiary/aromatic N) is 1. The molecule has 16 heavy (non-hydrogen) atoms. The summed E-state index contributed by atoms with van der Waals surface area (Å²) in [6.07, 6.45) is 2.36. The van der Waals surface area contributed by atoms with Gasteiger partial charge in [-0.25, -0.2) is 5.84 Å². The molecule has 1 aliphatic heterocycles. The van der Waals surface area contributed by atoms with Gasteiger partial charge in [-0.1, -0.05) is 12.1 Å². The predicted octanol–water partition coefficient (Wildman–Crippen LogP) is 1.09. The van der Waals surface area contributed by atoms with E-state index in [1.807, 2.05) is 0 Å². The van der Waals surface area contributed by atoms with Gasteiger partial charge in [-0.05, 0) is 30.0 Å². The summed E-state index contributed by atoms with van der Waals surface area (Å²) >= 11 is 0. The fourth-order valence-corrected chi connectivity index (χ4v) is 1.90. The molecule has 1 aromatic rings. The van der Waals surface area contributed by atoms with Gasteiger partial charge in [0, 0.05) is 5.56 Å². The summed E-state index contributed by atoms with van der Waals surface area (Å²) < 4.78 is 5.39. The number of rotatable bonds is 2. The van der Waals surface area contributed by atoms with Crippen molar-refractivity contribution in [3.05, 3.63) is 34.9 Å². The van der Waals surface area contributed by atoms with Crippen molar-refractivity contribution in [1.82, 2.24) is 5.43 Å². The zero-order valence-electron chi connectivity index (χ0n) is 9.07. The lowest BCUT2D eigenvalue weighted by atomic mass is 10.1. The van der Waals surface area contributed by atoms with Crippen LogP contribution in [0.25, 0.3) is 0 Å². The summed E-state index contributed by atoms with van der Waals surface area (Å²) in [5, 5.41) is 0. The van der Waals surface area contributed by atoms with E-state index in [0.717, 1.165) is 18.0 Å². The van der Waals surface area contributed by atoms with Crippen LogP contribution in [0.3, 0.4) is 0 Å². The Balaban J connectivity index is 1.92. The van der Waals surface area contributed by atoms with Crippen LogP contribution >= 0.6 is 0 Å². The van der Waals surface area contributed by atoms with Gasteiger partial charge in [0.15, 0.2) is 0 Å². The normalized spacial score (nSPS) is 19.7. The molecule has 2 aliphatic rings. The molecule has 4 nitrogen and oxygen atoms in total. The Hall–Kier alpha value is -1.39. The van der Waals surface area contributed by atoms with Crippen LogP contribution in [0.15, 0.2) is 23.2 Å². The topological polar surface area (TPSA) is 59.6 Å². The second-order valence-electron chi connectivity index (χ2n) is 4.33. The molecule has 1 aliphatic carbocycles. The second-order valence-corrected chi connectivity index (χ2v) is 4.33. The van der Waals surface area contributed by atoms with E-state index < -0.39 is 0 Å². The average molecular weight is 217 g/mol. The molecular weight excluding hydrogens is 202 g/mol. The number of amidine groups is 1. The monoisotopic (exact) mass is 217 g/mol. The third kappa shape index (κ3) is 1.81. The van der Waals surface area contributed by atoms with E-state index in [1.54, 1.807) is 0 Å². The van der Waals surface area contributed by atoms with E-state index in [-0.39, 0.29) is 0 Å². The van der Waals surface area contributed by atoms with Crippen LogP contribution in [0.1, 0.15) is 29.5 Å². The number of hydrogen-bond donors (Lipinski definition) is 2. The van der Waals surface area contributed by atoms with Gasteiger partial charge in [-0.2, -0.15) is 0 Å². The van der Waals surface area contributed by atoms with Crippen LogP contribution < -0.4 is 11.3 Å². The van der Waals surface area contributed by atoms with Gasteiger partial charge in [0.1, 0.15) is 5.84 Å². The number of ether oxygens (including phenoxy) is 1. The number of benzene rings is 1. The third-order valence-corrected chi connectivity index (χ3v) is 2.99. The predicted molar refractivity (Wildman–Crippen MR) is 61.8 cm³/mol. The molecule has 0 radical (unpaired) electrons. The molecule has 0 spiro atoms. The Morgan fingerprint density at radius 2 is 2.12 bits per heavy atom. The maximum Gasteiger partial charge on any atom is 0.142 e. The van der Waals surface area contributed by atoms with Crippen LogP contribution in [-0.2, 0) is 18.0 Å². The molecular formula is C12H15N3O. The van der Waals surface area contributed by atoms with Gasteiger partial charge in [-0.3, -0.25) is 4.99 Å². The molecule has 1 heterocycles. The van der Waals surface area contributed by atoms with Gasteiger partial charge in [0.2, 0.25) is 0 Å². The minimum Gasteiger partial charge on any atom is -0.372 e. The quantitative estimate of drug-likeness (QED) is 0.337. The summed E-state index contributed by atoms with van der Waals surface area (Å²) in [4.78, 5) is 4.54. The van der Waals surface area contributed by atoms with Gasteiger partial charge in [-0.15, -0.1) is 0 Å². The second kappa shape index (κ2) is 3.88. The Kier molecular flexibility index (Phi) is 2.38. The molecule has 1 aromatic carbocycles. The Morgan fingerprint density at radius 3 is 2.88 bits per heavy atom. The van der Waals surface area contributed by atoms with E-state index in [0.29, 0.717) is 12.6 Å². The van der Waals surface area contributed by atoms with Crippen molar-refractivity contribution in [3.63, 3.8) is 0 Å². The first-order valence-corrected chi connectivity index (χ1v) is 5.61. The molecule has 0 atom stereocenters. The highest BCUT2D eigenvalue weighted by atomic mass is 16.5. The molecule has 0 saturated heterocycles. The summed E-state index contributed by atoms with van der Waals surface area (Å²) in [5.74, 6) is 6.30. The highest BCUT2D eigenvalue weighted by molar-refractivity contribution is 5.98. The van der Waals surface area contributed by atoms with Crippen LogP contribution in [0.5, 0.6) is 0 Å². The van der Waals surface area contributed by atoms with Crippen molar-refractivity contribution < 1.29 is 4.74 Å². The number of hydrogen-bond acceptors (Lipinski definition) is 3. The minimum atomic E-state index is 0.468. The molecule has 1 fully saturated rings. The van der Waals surface area contributed by atoms with Crippen molar-refractivity contribution in [1.29, 1.82) is 0 Å². The third-order valence-electron chi connectivity index (χ3n) is 2.99. The first-order chi connectivity index (χ1) is 7.86. The van der Waals surface area contributed by atoms with E-state index >= 15 is 0 Å². The fourth-order valence-electron chi connectivity index (χ4n) is 1.90. The van der Waals surface area contributed by atoms with E-state index in [1.165, 1.54) is 24.0 Å². The lowest BCUT2D eigenvalue weighted by Gasteiger charge is -2.07. The molecule has 84 valence electrons. The molecule has 0 amide bonds. The van der Waals surface area contributed by atoms with Gasteiger partial charge in [0.25, 0.3) is 0 Å². The molecule has 0 unspecified atom stereocenters. The van der Waals surface area contributed by atoms with Crippen LogP contribution in [0.2, 0.25) is 0 Å². The minimum absolute atomic E-state index is 0.468. The van der Waals surface area contributed by atoms with E-state index in [2.05, 4.69) is 28.6 Å². The standard InChI is InChI=1S/C12H15N3O/c13-15-12(14-11-3-4-11)8-1-2-9-6-16-7-10(9)5-8/h1-2,5,11H,3-4,6-7,13H2,(H,14,15). The Bertz CT molecular complexity index is 438. The van der Waals surface area contributed by atoms with Crippen molar-refractivity contribution in [2.75, 3.05) is 0 Å². The number of aliphatic imine (C=N–C) groups is 1. The molecule has 3 rings (SSSR count). The first-order valence-electron chi connectivity index (χ1n) is 5.61. The SMILES string of the molecule is NNC(=NC1CC1)c1ccc2c(c1)COC2. The fraction of sp³-hybridized carbons (Fsp3) is 0.417. The number of nitrogens with one attached hydrogen (secondary N) is 1. The molecule has 0 aromatic heterocycles. The molecule has 4 heteroatoms. The van der Waals surface area contributed by atoms with Crippen LogP contribution in [0, 0.1) is 0 Å². The lowest BCUT2D eigenvalue weighted by molar-refractivity contribution is 0.134. The Morgan fingerprint density at radius 1 is 1.31 bits per heavy atom. The molecule has 0 bridgehead atoms. The lowest BCUT2D eigenvalue weighted by Crippen LogP contribution is -2.31. The van der Waals surface area contributed by atoms with E-state index in [4.69, 9.17) is 10.6 Å². The summed E-state index contributed by atoms with van der Waals surface area (Å²) in [6.45, 7) is 1.42. The average Bonchev–Trinajstić information content (AvgIpc) is 3.01. The number of nitrogens with two attached hydrogens (primary N) is 1. The summed E-state index contributed by atoms with van der Waals surface area (Å²) in [6, 6.07) is 6.73. The molecule has 3 N–H and O–H groups in total.